The Balaban J connectivity index is 1.58. The van der Waals surface area contributed by atoms with Gasteiger partial charge in [0.15, 0.2) is 5.96 Å². The molecule has 2 N–H and O–H groups in total. The Morgan fingerprint density at radius 2 is 2.14 bits per heavy atom. The van der Waals surface area contributed by atoms with Crippen LogP contribution >= 0.6 is 0 Å². The van der Waals surface area contributed by atoms with E-state index < -0.39 is 0 Å². The van der Waals surface area contributed by atoms with Crippen molar-refractivity contribution in [3.8, 4) is 0 Å². The second-order valence-electron chi connectivity index (χ2n) is 6.05. The van der Waals surface area contributed by atoms with Crippen molar-refractivity contribution in [1.82, 2.24) is 20.5 Å². The first-order chi connectivity index (χ1) is 10.8. The van der Waals surface area contributed by atoms with Gasteiger partial charge in [-0.05, 0) is 56.9 Å². The number of aliphatic imine (C=N–C) groups is 1. The number of guanidine groups is 1. The highest BCUT2D eigenvalue weighted by atomic mass is 15.2. The zero-order chi connectivity index (χ0) is 15.6. The van der Waals surface area contributed by atoms with Gasteiger partial charge in [-0.3, -0.25) is 9.98 Å². The summed E-state index contributed by atoms with van der Waals surface area (Å²) in [6.07, 6.45) is 5.66. The van der Waals surface area contributed by atoms with Crippen molar-refractivity contribution in [2.24, 2.45) is 10.9 Å². The second kappa shape index (κ2) is 9.41. The van der Waals surface area contributed by atoms with E-state index in [2.05, 4.69) is 32.4 Å². The average molecular weight is 303 g/mol. The van der Waals surface area contributed by atoms with Crippen molar-refractivity contribution in [2.45, 2.75) is 32.7 Å². The molecule has 0 amide bonds. The van der Waals surface area contributed by atoms with Crippen LogP contribution in [-0.4, -0.2) is 49.1 Å². The SMILES string of the molecule is CN=C(NCCCN1CCC(C)CC1)NCc1ccccn1. The fraction of sp³-hybridized carbons (Fsp3) is 0.647. The minimum Gasteiger partial charge on any atom is -0.356 e. The quantitative estimate of drug-likeness (QED) is 0.478. The Hall–Kier alpha value is -1.62. The number of likely N-dealkylation sites (tertiary alicyclic amines) is 1. The van der Waals surface area contributed by atoms with Crippen LogP contribution in [0.1, 0.15) is 31.9 Å². The van der Waals surface area contributed by atoms with Crippen molar-refractivity contribution in [3.05, 3.63) is 30.1 Å². The number of hydrogen-bond donors (Lipinski definition) is 2. The first-order valence-electron chi connectivity index (χ1n) is 8.34. The summed E-state index contributed by atoms with van der Waals surface area (Å²) in [6.45, 7) is 7.70. The lowest BCUT2D eigenvalue weighted by atomic mass is 9.99. The molecule has 122 valence electrons. The Bertz CT molecular complexity index is 438. The van der Waals surface area contributed by atoms with Gasteiger partial charge in [0.2, 0.25) is 0 Å². The summed E-state index contributed by atoms with van der Waals surface area (Å²) in [6, 6.07) is 5.94. The molecule has 1 saturated heterocycles. The number of rotatable bonds is 6. The van der Waals surface area contributed by atoms with Crippen LogP contribution in [0.2, 0.25) is 0 Å². The molecule has 0 aromatic carbocycles. The summed E-state index contributed by atoms with van der Waals surface area (Å²) < 4.78 is 0. The van der Waals surface area contributed by atoms with E-state index in [1.807, 2.05) is 24.4 Å². The topological polar surface area (TPSA) is 52.6 Å². The van der Waals surface area contributed by atoms with Gasteiger partial charge in [0, 0.05) is 19.8 Å². The monoisotopic (exact) mass is 303 g/mol. The zero-order valence-electron chi connectivity index (χ0n) is 13.9. The smallest absolute Gasteiger partial charge is 0.191 e. The fourth-order valence-corrected chi connectivity index (χ4v) is 2.69. The van der Waals surface area contributed by atoms with E-state index in [1.54, 1.807) is 7.05 Å². The predicted octanol–water partition coefficient (Wildman–Crippen LogP) is 1.87. The molecule has 0 unspecified atom stereocenters. The molecule has 0 saturated carbocycles. The number of piperidine rings is 1. The standard InChI is InChI=1S/C17H29N5/c1-15-7-12-22(13-8-15)11-5-10-20-17(18-2)21-14-16-6-3-4-9-19-16/h3-4,6,9,15H,5,7-8,10-14H2,1-2H3,(H2,18,20,21). The largest absolute Gasteiger partial charge is 0.356 e. The molecule has 5 heteroatoms. The van der Waals surface area contributed by atoms with E-state index in [1.165, 1.54) is 32.5 Å². The minimum absolute atomic E-state index is 0.699. The Morgan fingerprint density at radius 3 is 2.82 bits per heavy atom. The Kier molecular flexibility index (Phi) is 7.16. The zero-order valence-corrected chi connectivity index (χ0v) is 13.9. The molecule has 1 aromatic heterocycles. The van der Waals surface area contributed by atoms with Crippen LogP contribution in [0.5, 0.6) is 0 Å². The molecule has 2 rings (SSSR count). The van der Waals surface area contributed by atoms with Gasteiger partial charge < -0.3 is 15.5 Å². The van der Waals surface area contributed by atoms with Gasteiger partial charge in [0.25, 0.3) is 0 Å². The number of aromatic nitrogens is 1. The first-order valence-corrected chi connectivity index (χ1v) is 8.34. The van der Waals surface area contributed by atoms with Crippen molar-refractivity contribution in [2.75, 3.05) is 33.2 Å². The highest BCUT2D eigenvalue weighted by Crippen LogP contribution is 2.15. The molecule has 0 spiro atoms. The third-order valence-electron chi connectivity index (χ3n) is 4.21. The van der Waals surface area contributed by atoms with E-state index in [0.29, 0.717) is 6.54 Å². The lowest BCUT2D eigenvalue weighted by molar-refractivity contribution is 0.191. The van der Waals surface area contributed by atoms with Crippen molar-refractivity contribution < 1.29 is 0 Å². The van der Waals surface area contributed by atoms with Gasteiger partial charge in [0.05, 0.1) is 12.2 Å². The van der Waals surface area contributed by atoms with E-state index in [-0.39, 0.29) is 0 Å². The summed E-state index contributed by atoms with van der Waals surface area (Å²) in [5.41, 5.74) is 1.02. The third kappa shape index (κ3) is 6.02. The number of hydrogen-bond acceptors (Lipinski definition) is 3. The van der Waals surface area contributed by atoms with Crippen LogP contribution in [0.4, 0.5) is 0 Å². The van der Waals surface area contributed by atoms with E-state index in [4.69, 9.17) is 0 Å². The molecule has 5 nitrogen and oxygen atoms in total. The summed E-state index contributed by atoms with van der Waals surface area (Å²) in [4.78, 5) is 11.1. The Labute approximate surface area is 134 Å². The highest BCUT2D eigenvalue weighted by Gasteiger charge is 2.14. The van der Waals surface area contributed by atoms with Gasteiger partial charge in [-0.1, -0.05) is 13.0 Å². The fourth-order valence-electron chi connectivity index (χ4n) is 2.69. The van der Waals surface area contributed by atoms with Crippen LogP contribution in [0.25, 0.3) is 0 Å². The molecule has 1 aliphatic rings. The number of nitrogens with zero attached hydrogens (tertiary/aromatic N) is 3. The van der Waals surface area contributed by atoms with Gasteiger partial charge >= 0.3 is 0 Å². The summed E-state index contributed by atoms with van der Waals surface area (Å²) >= 11 is 0. The molecule has 2 heterocycles. The van der Waals surface area contributed by atoms with Crippen molar-refractivity contribution in [3.63, 3.8) is 0 Å². The summed E-state index contributed by atoms with van der Waals surface area (Å²) in [5, 5.41) is 6.67. The van der Waals surface area contributed by atoms with E-state index >= 15 is 0 Å². The van der Waals surface area contributed by atoms with Crippen LogP contribution in [0.15, 0.2) is 29.4 Å². The summed E-state index contributed by atoms with van der Waals surface area (Å²) in [7, 11) is 1.81. The molecule has 0 aliphatic carbocycles. The average Bonchev–Trinajstić information content (AvgIpc) is 2.57. The molecule has 1 aliphatic heterocycles. The normalized spacial score (nSPS) is 17.5. The molecule has 22 heavy (non-hydrogen) atoms. The molecule has 1 fully saturated rings. The molecular formula is C17H29N5. The molecule has 0 atom stereocenters. The lowest BCUT2D eigenvalue weighted by Gasteiger charge is -2.30. The molecule has 0 radical (unpaired) electrons. The van der Waals surface area contributed by atoms with Gasteiger partial charge in [-0.2, -0.15) is 0 Å². The van der Waals surface area contributed by atoms with Crippen molar-refractivity contribution >= 4 is 5.96 Å². The first kappa shape index (κ1) is 16.7. The highest BCUT2D eigenvalue weighted by molar-refractivity contribution is 5.79. The lowest BCUT2D eigenvalue weighted by Crippen LogP contribution is -2.39. The molecular weight excluding hydrogens is 274 g/mol. The van der Waals surface area contributed by atoms with Crippen LogP contribution in [0, 0.1) is 5.92 Å². The minimum atomic E-state index is 0.699. The maximum Gasteiger partial charge on any atom is 0.191 e. The molecule has 1 aromatic rings. The van der Waals surface area contributed by atoms with Gasteiger partial charge in [-0.25, -0.2) is 0 Å². The third-order valence-corrected chi connectivity index (χ3v) is 4.21. The Morgan fingerprint density at radius 1 is 1.32 bits per heavy atom. The van der Waals surface area contributed by atoms with Crippen LogP contribution < -0.4 is 10.6 Å². The number of nitrogens with one attached hydrogen (secondary N) is 2. The molecule has 0 bridgehead atoms. The second-order valence-corrected chi connectivity index (χ2v) is 6.05. The van der Waals surface area contributed by atoms with E-state index in [9.17, 15) is 0 Å². The van der Waals surface area contributed by atoms with Crippen LogP contribution in [0.3, 0.4) is 0 Å². The number of pyridine rings is 1. The van der Waals surface area contributed by atoms with Crippen LogP contribution in [-0.2, 0) is 6.54 Å². The van der Waals surface area contributed by atoms with Gasteiger partial charge in [-0.15, -0.1) is 0 Å². The van der Waals surface area contributed by atoms with E-state index in [0.717, 1.165) is 30.5 Å². The van der Waals surface area contributed by atoms with Crippen molar-refractivity contribution in [1.29, 1.82) is 0 Å². The van der Waals surface area contributed by atoms with Gasteiger partial charge in [0.1, 0.15) is 0 Å². The maximum absolute atomic E-state index is 4.30. The summed E-state index contributed by atoms with van der Waals surface area (Å²) in [5.74, 6) is 1.75. The predicted molar refractivity (Wildman–Crippen MR) is 91.9 cm³/mol. The maximum atomic E-state index is 4.30.